The molecule has 0 aliphatic rings. The maximum atomic E-state index is 12.4. The molecule has 0 aliphatic heterocycles. The molecule has 4 nitrogen and oxygen atoms in total. The Balaban J connectivity index is 3.40. The van der Waals surface area contributed by atoms with Crippen LogP contribution in [0.1, 0.15) is 277 Å². The highest BCUT2D eigenvalue weighted by Crippen LogP contribution is 2.17. The summed E-state index contributed by atoms with van der Waals surface area (Å²) in [5, 5.41) is 23.0. The number of hydrogen-bond donors (Lipinski definition) is 3. The number of unbranched alkanes of at least 4 members (excludes halogenated alkanes) is 34. The molecule has 0 fully saturated rings. The van der Waals surface area contributed by atoms with E-state index in [1.54, 1.807) is 6.08 Å². The Morgan fingerprint density at radius 1 is 0.410 bits per heavy atom. The van der Waals surface area contributed by atoms with Gasteiger partial charge in [0, 0.05) is 6.42 Å². The van der Waals surface area contributed by atoms with E-state index in [0.29, 0.717) is 6.42 Å². The first-order valence-electron chi connectivity index (χ1n) is 27.0. The molecule has 0 saturated carbocycles. The van der Waals surface area contributed by atoms with Crippen LogP contribution in [-0.4, -0.2) is 34.9 Å². The lowest BCUT2D eigenvalue weighted by Crippen LogP contribution is -2.45. The van der Waals surface area contributed by atoms with Gasteiger partial charge in [-0.3, -0.25) is 4.79 Å². The predicted octanol–water partition coefficient (Wildman–Crippen LogP) is 17.6. The van der Waals surface area contributed by atoms with Gasteiger partial charge in [0.1, 0.15) is 0 Å². The van der Waals surface area contributed by atoms with E-state index in [4.69, 9.17) is 0 Å². The van der Waals surface area contributed by atoms with Crippen molar-refractivity contribution in [1.82, 2.24) is 5.32 Å². The normalized spacial score (nSPS) is 13.3. The van der Waals surface area contributed by atoms with Gasteiger partial charge >= 0.3 is 0 Å². The number of rotatable bonds is 49. The molecule has 0 heterocycles. The molecule has 0 saturated heterocycles. The van der Waals surface area contributed by atoms with Gasteiger partial charge in [0.15, 0.2) is 0 Å². The summed E-state index contributed by atoms with van der Waals surface area (Å²) in [5.74, 6) is -0.0617. The third kappa shape index (κ3) is 49.0. The molecule has 0 aliphatic carbocycles. The zero-order valence-electron chi connectivity index (χ0n) is 40.9. The van der Waals surface area contributed by atoms with Crippen LogP contribution < -0.4 is 5.32 Å². The molecule has 356 valence electrons. The minimum Gasteiger partial charge on any atom is -0.394 e. The van der Waals surface area contributed by atoms with Crippen molar-refractivity contribution in [2.45, 2.75) is 289 Å². The van der Waals surface area contributed by atoms with E-state index in [0.717, 1.165) is 51.4 Å². The SMILES string of the molecule is CC/C=C\C/C=C\C/C=C\C/C=C\CCCCCCCCCCCCCCCCCCCCCCCCCCC(=O)NC(CO)C(O)/C=C/CCCCCCCCCCCC. The second kappa shape index (κ2) is 52.4. The highest BCUT2D eigenvalue weighted by atomic mass is 16.3. The van der Waals surface area contributed by atoms with Crippen molar-refractivity contribution in [1.29, 1.82) is 0 Å². The van der Waals surface area contributed by atoms with E-state index in [-0.39, 0.29) is 12.5 Å². The third-order valence-electron chi connectivity index (χ3n) is 12.3. The van der Waals surface area contributed by atoms with Gasteiger partial charge in [-0.1, -0.05) is 274 Å². The highest BCUT2D eigenvalue weighted by molar-refractivity contribution is 5.76. The molecule has 0 bridgehead atoms. The van der Waals surface area contributed by atoms with Gasteiger partial charge in [0.2, 0.25) is 5.91 Å². The zero-order valence-corrected chi connectivity index (χ0v) is 40.9. The smallest absolute Gasteiger partial charge is 0.220 e. The van der Waals surface area contributed by atoms with Crippen LogP contribution in [0.25, 0.3) is 0 Å². The number of carbonyl (C=O) groups excluding carboxylic acids is 1. The molecule has 3 N–H and O–H groups in total. The second-order valence-corrected chi connectivity index (χ2v) is 18.3. The second-order valence-electron chi connectivity index (χ2n) is 18.3. The van der Waals surface area contributed by atoms with Crippen molar-refractivity contribution in [3.8, 4) is 0 Å². The van der Waals surface area contributed by atoms with Gasteiger partial charge in [-0.05, 0) is 57.8 Å². The Bertz CT molecular complexity index is 1010. The molecule has 0 radical (unpaired) electrons. The van der Waals surface area contributed by atoms with Gasteiger partial charge in [-0.2, -0.15) is 0 Å². The molecule has 0 aromatic rings. The first-order chi connectivity index (χ1) is 30.2. The minimum atomic E-state index is -0.837. The van der Waals surface area contributed by atoms with Crippen molar-refractivity contribution >= 4 is 5.91 Å². The highest BCUT2D eigenvalue weighted by Gasteiger charge is 2.18. The van der Waals surface area contributed by atoms with Crippen molar-refractivity contribution in [2.75, 3.05) is 6.61 Å². The topological polar surface area (TPSA) is 69.6 Å². The summed E-state index contributed by atoms with van der Waals surface area (Å²) >= 11 is 0. The third-order valence-corrected chi connectivity index (χ3v) is 12.3. The quantitative estimate of drug-likeness (QED) is 0.0422. The fourth-order valence-electron chi connectivity index (χ4n) is 8.17. The van der Waals surface area contributed by atoms with E-state index in [1.807, 2.05) is 6.08 Å². The first kappa shape index (κ1) is 59.1. The molecule has 0 spiro atoms. The van der Waals surface area contributed by atoms with E-state index in [9.17, 15) is 15.0 Å². The molecule has 2 unspecified atom stereocenters. The van der Waals surface area contributed by atoms with Crippen molar-refractivity contribution in [3.63, 3.8) is 0 Å². The van der Waals surface area contributed by atoms with Crippen LogP contribution >= 0.6 is 0 Å². The molecule has 0 aromatic carbocycles. The maximum Gasteiger partial charge on any atom is 0.220 e. The molecule has 0 aromatic heterocycles. The number of nitrogens with one attached hydrogen (secondary N) is 1. The molecule has 61 heavy (non-hydrogen) atoms. The molecular weight excluding hydrogens is 747 g/mol. The van der Waals surface area contributed by atoms with Crippen molar-refractivity contribution < 1.29 is 15.0 Å². The summed E-state index contributed by atoms with van der Waals surface area (Å²) in [4.78, 5) is 12.4. The summed E-state index contributed by atoms with van der Waals surface area (Å²) in [7, 11) is 0. The number of amides is 1. The molecule has 0 rings (SSSR count). The van der Waals surface area contributed by atoms with Crippen LogP contribution in [0.4, 0.5) is 0 Å². The van der Waals surface area contributed by atoms with Crippen LogP contribution in [0, 0.1) is 0 Å². The minimum absolute atomic E-state index is 0.0617. The van der Waals surface area contributed by atoms with E-state index >= 15 is 0 Å². The first-order valence-corrected chi connectivity index (χ1v) is 27.0. The Morgan fingerprint density at radius 3 is 1.08 bits per heavy atom. The Hall–Kier alpha value is -1.91. The zero-order chi connectivity index (χ0) is 44.2. The standard InChI is InChI=1S/C57H105NO3/c1-3-5-7-9-11-13-15-17-18-19-20-21-22-23-24-25-26-27-28-29-30-31-32-33-34-35-36-37-38-39-40-41-43-45-47-49-51-53-57(61)58-55(54-59)56(60)52-50-48-46-44-42-16-14-12-10-8-6-4-2/h5,7,11,13,17-18,20-21,50,52,55-56,59-60H,3-4,6,8-10,12,14-16,19,22-49,51,53-54H2,1-2H3,(H,58,61)/b7-5-,13-11-,18-17-,21-20-,52-50+. The Kier molecular flexibility index (Phi) is 50.8. The van der Waals surface area contributed by atoms with Crippen molar-refractivity contribution in [2.24, 2.45) is 0 Å². The number of allylic oxidation sites excluding steroid dienone is 9. The molecule has 4 heteroatoms. The molecular formula is C57H105NO3. The molecule has 1 amide bonds. The summed E-state index contributed by atoms with van der Waals surface area (Å²) in [6, 6.07) is -0.620. The van der Waals surface area contributed by atoms with Crippen molar-refractivity contribution in [3.05, 3.63) is 60.8 Å². The lowest BCUT2D eigenvalue weighted by Gasteiger charge is -2.20. The summed E-state index contributed by atoms with van der Waals surface area (Å²) < 4.78 is 0. The number of aliphatic hydroxyl groups excluding tert-OH is 2. The van der Waals surface area contributed by atoms with E-state index < -0.39 is 12.1 Å². The van der Waals surface area contributed by atoms with Crippen LogP contribution in [0.2, 0.25) is 0 Å². The van der Waals surface area contributed by atoms with Gasteiger partial charge in [0.05, 0.1) is 18.8 Å². The summed E-state index contributed by atoms with van der Waals surface area (Å²) in [5.41, 5.74) is 0. The Morgan fingerprint density at radius 2 is 0.721 bits per heavy atom. The van der Waals surface area contributed by atoms with Crippen LogP contribution in [0.15, 0.2) is 60.8 Å². The summed E-state index contributed by atoms with van der Waals surface area (Å²) in [6.07, 6.45) is 73.9. The van der Waals surface area contributed by atoms with E-state index in [2.05, 4.69) is 67.8 Å². The van der Waals surface area contributed by atoms with Crippen LogP contribution in [0.3, 0.4) is 0 Å². The Labute approximate surface area is 381 Å². The largest absolute Gasteiger partial charge is 0.394 e. The van der Waals surface area contributed by atoms with Gasteiger partial charge < -0.3 is 15.5 Å². The van der Waals surface area contributed by atoms with Gasteiger partial charge in [-0.15, -0.1) is 0 Å². The van der Waals surface area contributed by atoms with Gasteiger partial charge in [-0.25, -0.2) is 0 Å². The van der Waals surface area contributed by atoms with Gasteiger partial charge in [0.25, 0.3) is 0 Å². The maximum absolute atomic E-state index is 12.4. The molecule has 2 atom stereocenters. The van der Waals surface area contributed by atoms with Crippen LogP contribution in [-0.2, 0) is 4.79 Å². The fourth-order valence-corrected chi connectivity index (χ4v) is 8.17. The fraction of sp³-hybridized carbons (Fsp3) is 0.807. The average molecular weight is 852 g/mol. The number of carbonyl (C=O) groups is 1. The lowest BCUT2D eigenvalue weighted by molar-refractivity contribution is -0.123. The monoisotopic (exact) mass is 852 g/mol. The average Bonchev–Trinajstić information content (AvgIpc) is 3.26. The summed E-state index contributed by atoms with van der Waals surface area (Å²) in [6.45, 7) is 4.20. The van der Waals surface area contributed by atoms with Crippen LogP contribution in [0.5, 0.6) is 0 Å². The lowest BCUT2D eigenvalue weighted by atomic mass is 10.0. The predicted molar refractivity (Wildman–Crippen MR) is 271 cm³/mol. The number of hydrogen-bond acceptors (Lipinski definition) is 3. The number of aliphatic hydroxyl groups is 2. The van der Waals surface area contributed by atoms with E-state index in [1.165, 1.54) is 205 Å².